The van der Waals surface area contributed by atoms with Crippen molar-refractivity contribution in [2.24, 2.45) is 0 Å². The first-order valence-electron chi connectivity index (χ1n) is 6.23. The minimum absolute atomic E-state index is 0.311. The van der Waals surface area contributed by atoms with Crippen LogP contribution in [0.3, 0.4) is 0 Å². The van der Waals surface area contributed by atoms with Crippen LogP contribution in [0, 0.1) is 0 Å². The Morgan fingerprint density at radius 3 is 2.90 bits per heavy atom. The average Bonchev–Trinajstić information content (AvgIpc) is 2.55. The number of nitrogens with zero attached hydrogens (tertiary/aromatic N) is 2. The largest absolute Gasteiger partial charge is 0.465 e. The van der Waals surface area contributed by atoms with E-state index in [2.05, 4.69) is 15.2 Å². The lowest BCUT2D eigenvalue weighted by atomic mass is 10.0. The van der Waals surface area contributed by atoms with E-state index in [4.69, 9.17) is 4.74 Å². The fraction of sp³-hybridized carbons (Fsp3) is 0.0667. The Balaban J connectivity index is 2.24. The molecule has 0 radical (unpaired) electrons. The van der Waals surface area contributed by atoms with Crippen LogP contribution in [-0.4, -0.2) is 28.3 Å². The van der Waals surface area contributed by atoms with Crippen LogP contribution in [0.15, 0.2) is 47.4 Å². The second kappa shape index (κ2) is 5.16. The Labute approximate surface area is 119 Å². The van der Waals surface area contributed by atoms with Crippen molar-refractivity contribution >= 4 is 16.9 Å². The number of benzene rings is 1. The Hall–Kier alpha value is -3.02. The molecule has 0 unspecified atom stereocenters. The molecule has 21 heavy (non-hydrogen) atoms. The number of H-pyrrole nitrogens is 1. The van der Waals surface area contributed by atoms with Gasteiger partial charge >= 0.3 is 5.97 Å². The van der Waals surface area contributed by atoms with E-state index in [1.807, 2.05) is 0 Å². The molecule has 1 aromatic carbocycles. The minimum Gasteiger partial charge on any atom is -0.465 e. The molecule has 6 nitrogen and oxygen atoms in total. The second-order valence-corrected chi connectivity index (χ2v) is 4.37. The molecule has 0 saturated heterocycles. The molecular formula is C15H11N3O3. The molecule has 0 aliphatic heterocycles. The van der Waals surface area contributed by atoms with Gasteiger partial charge in [0.15, 0.2) is 0 Å². The highest BCUT2D eigenvalue weighted by atomic mass is 16.5. The normalized spacial score (nSPS) is 10.5. The lowest BCUT2D eigenvalue weighted by Crippen LogP contribution is -2.11. The molecule has 104 valence electrons. The number of hydrogen-bond acceptors (Lipinski definition) is 5. The molecule has 0 amide bonds. The summed E-state index contributed by atoms with van der Waals surface area (Å²) in [5.41, 5.74) is 1.64. The third-order valence-electron chi connectivity index (χ3n) is 3.10. The Bertz CT molecular complexity index is 886. The van der Waals surface area contributed by atoms with Gasteiger partial charge in [0.1, 0.15) is 11.2 Å². The molecule has 0 aliphatic rings. The van der Waals surface area contributed by atoms with Gasteiger partial charge in [-0.15, -0.1) is 0 Å². The Morgan fingerprint density at radius 1 is 1.24 bits per heavy atom. The number of rotatable bonds is 2. The summed E-state index contributed by atoms with van der Waals surface area (Å²) in [7, 11) is 1.33. The van der Waals surface area contributed by atoms with Crippen LogP contribution in [-0.2, 0) is 4.74 Å². The van der Waals surface area contributed by atoms with Gasteiger partial charge in [0.05, 0.1) is 12.7 Å². The van der Waals surface area contributed by atoms with Crippen molar-refractivity contribution in [3.8, 4) is 11.3 Å². The van der Waals surface area contributed by atoms with E-state index in [9.17, 15) is 9.59 Å². The van der Waals surface area contributed by atoms with Crippen LogP contribution in [0.5, 0.6) is 0 Å². The highest BCUT2D eigenvalue weighted by Crippen LogP contribution is 2.24. The molecule has 1 N–H and O–H groups in total. The fourth-order valence-electron chi connectivity index (χ4n) is 2.13. The summed E-state index contributed by atoms with van der Waals surface area (Å²) >= 11 is 0. The number of esters is 1. The predicted octanol–water partition coefficient (Wildman–Crippen LogP) is 1.77. The van der Waals surface area contributed by atoms with Crippen LogP contribution in [0.2, 0.25) is 0 Å². The van der Waals surface area contributed by atoms with Crippen LogP contribution in [0.1, 0.15) is 10.4 Å². The second-order valence-electron chi connectivity index (χ2n) is 4.37. The van der Waals surface area contributed by atoms with E-state index in [1.165, 1.54) is 7.11 Å². The van der Waals surface area contributed by atoms with Crippen molar-refractivity contribution in [2.75, 3.05) is 7.11 Å². The van der Waals surface area contributed by atoms with E-state index in [-0.39, 0.29) is 5.56 Å². The number of methoxy groups -OCH3 is 1. The number of aromatic amines is 1. The molecule has 0 spiro atoms. The van der Waals surface area contributed by atoms with Gasteiger partial charge in [-0.05, 0) is 24.3 Å². The first-order valence-corrected chi connectivity index (χ1v) is 6.23. The molecule has 0 atom stereocenters. The van der Waals surface area contributed by atoms with Gasteiger partial charge in [-0.2, -0.15) is 5.10 Å². The fourth-order valence-corrected chi connectivity index (χ4v) is 2.13. The molecule has 0 saturated carbocycles. The lowest BCUT2D eigenvalue weighted by molar-refractivity contribution is 0.0601. The van der Waals surface area contributed by atoms with Crippen LogP contribution < -0.4 is 5.56 Å². The average molecular weight is 281 g/mol. The smallest absolute Gasteiger partial charge is 0.337 e. The molecule has 2 aromatic heterocycles. The summed E-state index contributed by atoms with van der Waals surface area (Å²) in [6.07, 6.45) is 1.55. The maximum absolute atomic E-state index is 11.7. The molecule has 0 aliphatic carbocycles. The number of ether oxygens (including phenoxy) is 1. The zero-order valence-electron chi connectivity index (χ0n) is 11.2. The summed E-state index contributed by atoms with van der Waals surface area (Å²) < 4.78 is 4.70. The number of pyridine rings is 1. The van der Waals surface area contributed by atoms with Crippen molar-refractivity contribution in [1.29, 1.82) is 0 Å². The SMILES string of the molecule is COC(=O)c1cccc(-c2n[nH]c(=O)c3ncccc23)c1. The molecule has 3 rings (SSSR count). The maximum Gasteiger partial charge on any atom is 0.337 e. The number of hydrogen-bond donors (Lipinski definition) is 1. The van der Waals surface area contributed by atoms with E-state index in [0.717, 1.165) is 0 Å². The summed E-state index contributed by atoms with van der Waals surface area (Å²) in [6.45, 7) is 0. The summed E-state index contributed by atoms with van der Waals surface area (Å²) in [5, 5.41) is 7.12. The van der Waals surface area contributed by atoms with Crippen molar-refractivity contribution in [3.05, 3.63) is 58.5 Å². The van der Waals surface area contributed by atoms with Gasteiger partial charge < -0.3 is 4.74 Å². The molecule has 2 heterocycles. The van der Waals surface area contributed by atoms with Crippen molar-refractivity contribution in [1.82, 2.24) is 15.2 Å². The lowest BCUT2D eigenvalue weighted by Gasteiger charge is -2.06. The molecule has 3 aromatic rings. The first-order chi connectivity index (χ1) is 10.2. The van der Waals surface area contributed by atoms with Gasteiger partial charge in [0.25, 0.3) is 5.56 Å². The van der Waals surface area contributed by atoms with Gasteiger partial charge in [-0.25, -0.2) is 9.89 Å². The summed E-state index contributed by atoms with van der Waals surface area (Å²) in [4.78, 5) is 27.4. The minimum atomic E-state index is -0.427. The number of fused-ring (bicyclic) bond motifs is 1. The zero-order valence-corrected chi connectivity index (χ0v) is 11.2. The highest BCUT2D eigenvalue weighted by molar-refractivity contribution is 5.94. The maximum atomic E-state index is 11.7. The predicted molar refractivity (Wildman–Crippen MR) is 76.9 cm³/mol. The van der Waals surface area contributed by atoms with Crippen LogP contribution in [0.25, 0.3) is 22.2 Å². The summed E-state index contributed by atoms with van der Waals surface area (Å²) in [5.74, 6) is -0.427. The quantitative estimate of drug-likeness (QED) is 0.724. The van der Waals surface area contributed by atoms with Crippen molar-refractivity contribution < 1.29 is 9.53 Å². The topological polar surface area (TPSA) is 84.9 Å². The Morgan fingerprint density at radius 2 is 2.10 bits per heavy atom. The zero-order chi connectivity index (χ0) is 14.8. The van der Waals surface area contributed by atoms with Gasteiger partial charge in [-0.1, -0.05) is 12.1 Å². The highest BCUT2D eigenvalue weighted by Gasteiger charge is 2.12. The van der Waals surface area contributed by atoms with E-state index in [1.54, 1.807) is 42.6 Å². The van der Waals surface area contributed by atoms with Crippen LogP contribution in [0.4, 0.5) is 0 Å². The molecule has 0 bridgehead atoms. The van der Waals surface area contributed by atoms with Crippen molar-refractivity contribution in [3.63, 3.8) is 0 Å². The van der Waals surface area contributed by atoms with Gasteiger partial charge in [0, 0.05) is 17.1 Å². The van der Waals surface area contributed by atoms with E-state index >= 15 is 0 Å². The first kappa shape index (κ1) is 13.0. The standard InChI is InChI=1S/C15H11N3O3/c1-21-15(20)10-5-2-4-9(8-10)12-11-6-3-7-16-13(11)14(19)18-17-12/h2-8H,1H3,(H,18,19). The molecule has 6 heteroatoms. The molecule has 0 fully saturated rings. The van der Waals surface area contributed by atoms with Crippen LogP contribution >= 0.6 is 0 Å². The van der Waals surface area contributed by atoms with E-state index < -0.39 is 5.97 Å². The number of carbonyl (C=O) groups excluding carboxylic acids is 1. The van der Waals surface area contributed by atoms with Crippen molar-refractivity contribution in [2.45, 2.75) is 0 Å². The third kappa shape index (κ3) is 2.27. The van der Waals surface area contributed by atoms with Gasteiger partial charge in [-0.3, -0.25) is 9.78 Å². The van der Waals surface area contributed by atoms with Gasteiger partial charge in [0.2, 0.25) is 0 Å². The summed E-state index contributed by atoms with van der Waals surface area (Å²) in [6, 6.07) is 10.4. The molecular weight excluding hydrogens is 270 g/mol. The number of aromatic nitrogens is 3. The Kier molecular flexibility index (Phi) is 3.19. The third-order valence-corrected chi connectivity index (χ3v) is 3.10. The van der Waals surface area contributed by atoms with E-state index in [0.29, 0.717) is 27.7 Å². The number of carbonyl (C=O) groups is 1. The monoisotopic (exact) mass is 281 g/mol. The number of nitrogens with one attached hydrogen (secondary N) is 1.